The molecule has 1 aromatic heterocycles. The lowest BCUT2D eigenvalue weighted by Gasteiger charge is -2.22. The predicted molar refractivity (Wildman–Crippen MR) is 233 cm³/mol. The molecule has 0 radical (unpaired) electrons. The zero-order chi connectivity index (χ0) is 36.3. The van der Waals surface area contributed by atoms with Crippen molar-refractivity contribution in [3.05, 3.63) is 187 Å². The molecule has 2 aliphatic heterocycles. The molecule has 55 heavy (non-hydrogen) atoms. The Morgan fingerprint density at radius 3 is 2.04 bits per heavy atom. The van der Waals surface area contributed by atoms with E-state index in [2.05, 4.69) is 174 Å². The van der Waals surface area contributed by atoms with Crippen LogP contribution in [0.1, 0.15) is 36.4 Å². The largest absolute Gasteiger partial charge is 0.309 e. The molecule has 0 bridgehead atoms. The van der Waals surface area contributed by atoms with Gasteiger partial charge in [0.1, 0.15) is 0 Å². The van der Waals surface area contributed by atoms with E-state index in [0.717, 1.165) is 47.6 Å². The third-order valence-electron chi connectivity index (χ3n) is 11.0. The highest BCUT2D eigenvalue weighted by Crippen LogP contribution is 2.51. The number of rotatable bonds is 5. The van der Waals surface area contributed by atoms with E-state index in [1.165, 1.54) is 68.9 Å². The Morgan fingerprint density at radius 1 is 0.564 bits per heavy atom. The van der Waals surface area contributed by atoms with Crippen LogP contribution in [-0.2, 0) is 0 Å². The molecule has 0 saturated carbocycles. The van der Waals surface area contributed by atoms with Gasteiger partial charge >= 0.3 is 0 Å². The second kappa shape index (κ2) is 13.5. The van der Waals surface area contributed by atoms with Gasteiger partial charge in [0.15, 0.2) is 5.84 Å². The van der Waals surface area contributed by atoms with Crippen molar-refractivity contribution in [1.82, 2.24) is 4.57 Å². The van der Waals surface area contributed by atoms with E-state index in [4.69, 9.17) is 9.98 Å². The summed E-state index contributed by atoms with van der Waals surface area (Å²) in [6.45, 7) is 0. The smallest absolute Gasteiger partial charge is 0.155 e. The van der Waals surface area contributed by atoms with Gasteiger partial charge in [-0.1, -0.05) is 151 Å². The van der Waals surface area contributed by atoms with Crippen molar-refractivity contribution >= 4 is 67.6 Å². The number of aromatic nitrogens is 1. The summed E-state index contributed by atoms with van der Waals surface area (Å²) in [6, 6.07) is 55.6. The lowest BCUT2D eigenvalue weighted by molar-refractivity contribution is 0.753. The van der Waals surface area contributed by atoms with Gasteiger partial charge in [-0.3, -0.25) is 4.99 Å². The Morgan fingerprint density at radius 2 is 1.27 bits per heavy atom. The van der Waals surface area contributed by atoms with Crippen molar-refractivity contribution in [2.75, 3.05) is 0 Å². The highest BCUT2D eigenvalue weighted by Gasteiger charge is 2.24. The summed E-state index contributed by atoms with van der Waals surface area (Å²) in [5, 5.41) is 5.16. The Kier molecular flexibility index (Phi) is 7.96. The molecule has 0 saturated heterocycles. The molecule has 7 aromatic carbocycles. The summed E-state index contributed by atoms with van der Waals surface area (Å²) >= 11 is 3.76. The molecule has 3 nitrogen and oxygen atoms in total. The fourth-order valence-corrected chi connectivity index (χ4v) is 10.6. The minimum atomic E-state index is 0.0116. The number of hydrogen-bond donors (Lipinski definition) is 0. The van der Waals surface area contributed by atoms with Gasteiger partial charge in [-0.25, -0.2) is 4.99 Å². The van der Waals surface area contributed by atoms with Crippen molar-refractivity contribution in [3.8, 4) is 16.8 Å². The van der Waals surface area contributed by atoms with E-state index >= 15 is 0 Å². The lowest BCUT2D eigenvalue weighted by Crippen LogP contribution is -2.18. The van der Waals surface area contributed by atoms with Crippen molar-refractivity contribution in [3.63, 3.8) is 0 Å². The van der Waals surface area contributed by atoms with Crippen molar-refractivity contribution in [1.29, 1.82) is 0 Å². The molecule has 0 spiro atoms. The molecule has 3 aliphatic rings. The SMILES string of the molecule is C1=CC(C2=NC(c3ccc(-c4ccc(-n5c6cc7c(cc6c6c8ccccc8ccc65)Sc5ccccc5S7)cc4)cc3)CC(c3ccccc3)=N2)=CCC1. The van der Waals surface area contributed by atoms with Gasteiger partial charge in [0, 0.05) is 48.0 Å². The summed E-state index contributed by atoms with van der Waals surface area (Å²) < 4.78 is 2.46. The van der Waals surface area contributed by atoms with Crippen LogP contribution in [0.2, 0.25) is 0 Å². The minimum absolute atomic E-state index is 0.0116. The van der Waals surface area contributed by atoms with Crippen LogP contribution in [0.3, 0.4) is 0 Å². The summed E-state index contributed by atoms with van der Waals surface area (Å²) in [7, 11) is 0. The molecule has 0 N–H and O–H groups in total. The molecule has 0 amide bonds. The van der Waals surface area contributed by atoms with Gasteiger partial charge in [0.25, 0.3) is 0 Å². The standard InChI is InChI=1S/C50H35N3S2/c1-3-12-35(13-4-1)41-30-42(52-50(51-41)37-14-5-2-6-15-37)36-21-19-32(20-22-36)33-23-26-38(27-24-33)53-43-28-25-34-11-7-8-16-39(34)49(43)40-29-47-48(31-44(40)53)55-46-18-10-9-17-45(46)54-47/h1,3-5,7-29,31,42H,2,6,30H2. The maximum Gasteiger partial charge on any atom is 0.155 e. The van der Waals surface area contributed by atoms with Gasteiger partial charge in [-0.2, -0.15) is 0 Å². The van der Waals surface area contributed by atoms with E-state index in [1.807, 2.05) is 23.5 Å². The molecular weight excluding hydrogens is 707 g/mol. The summed E-state index contributed by atoms with van der Waals surface area (Å²) in [5.41, 5.74) is 10.6. The normalized spacial score (nSPS) is 16.4. The summed E-state index contributed by atoms with van der Waals surface area (Å²) in [4.78, 5) is 15.6. The van der Waals surface area contributed by atoms with Gasteiger partial charge in [0.2, 0.25) is 0 Å². The Balaban J connectivity index is 0.952. The first-order valence-electron chi connectivity index (χ1n) is 19.0. The first-order chi connectivity index (χ1) is 27.2. The number of benzene rings is 7. The number of nitrogens with zero attached hydrogens (tertiary/aromatic N) is 3. The fourth-order valence-electron chi connectivity index (χ4n) is 8.29. The molecule has 262 valence electrons. The van der Waals surface area contributed by atoms with Crippen LogP contribution in [0.5, 0.6) is 0 Å². The Bertz CT molecular complexity index is 2930. The van der Waals surface area contributed by atoms with Crippen LogP contribution in [0.25, 0.3) is 49.4 Å². The Labute approximate surface area is 328 Å². The molecule has 1 unspecified atom stereocenters. The maximum atomic E-state index is 5.20. The zero-order valence-corrected chi connectivity index (χ0v) is 31.7. The number of amidine groups is 1. The number of aliphatic imine (C=N–C) groups is 2. The molecule has 11 rings (SSSR count). The van der Waals surface area contributed by atoms with Gasteiger partial charge in [-0.15, -0.1) is 0 Å². The predicted octanol–water partition coefficient (Wildman–Crippen LogP) is 13.8. The summed E-state index contributed by atoms with van der Waals surface area (Å²) in [6.07, 6.45) is 9.56. The first-order valence-corrected chi connectivity index (χ1v) is 20.6. The van der Waals surface area contributed by atoms with E-state index < -0.39 is 0 Å². The molecular formula is C50H35N3S2. The van der Waals surface area contributed by atoms with Crippen LogP contribution in [0.4, 0.5) is 0 Å². The molecule has 8 aromatic rings. The third-order valence-corrected chi connectivity index (χ3v) is 13.6. The average molecular weight is 742 g/mol. The van der Waals surface area contributed by atoms with Crippen molar-refractivity contribution in [2.24, 2.45) is 9.98 Å². The molecule has 1 atom stereocenters. The molecule has 3 heterocycles. The van der Waals surface area contributed by atoms with Crippen molar-refractivity contribution in [2.45, 2.75) is 44.9 Å². The molecule has 0 fully saturated rings. The minimum Gasteiger partial charge on any atom is -0.309 e. The highest BCUT2D eigenvalue weighted by molar-refractivity contribution is 8.05. The van der Waals surface area contributed by atoms with Crippen LogP contribution < -0.4 is 0 Å². The van der Waals surface area contributed by atoms with Crippen LogP contribution in [0.15, 0.2) is 205 Å². The number of allylic oxidation sites excluding steroid dienone is 2. The van der Waals surface area contributed by atoms with Crippen LogP contribution in [-0.4, -0.2) is 16.1 Å². The summed E-state index contributed by atoms with van der Waals surface area (Å²) in [5.74, 6) is 0.839. The van der Waals surface area contributed by atoms with E-state index in [-0.39, 0.29) is 6.04 Å². The molecule has 5 heteroatoms. The third kappa shape index (κ3) is 5.78. The van der Waals surface area contributed by atoms with E-state index in [1.54, 1.807) is 0 Å². The maximum absolute atomic E-state index is 5.20. The lowest BCUT2D eigenvalue weighted by atomic mass is 9.94. The van der Waals surface area contributed by atoms with Crippen molar-refractivity contribution < 1.29 is 0 Å². The number of fused-ring (bicyclic) bond motifs is 7. The fraction of sp³-hybridized carbons (Fsp3) is 0.0800. The Hall–Kier alpha value is -5.88. The average Bonchev–Trinajstić information content (AvgIpc) is 3.58. The first kappa shape index (κ1) is 32.5. The van der Waals surface area contributed by atoms with Crippen LogP contribution >= 0.6 is 23.5 Å². The monoisotopic (exact) mass is 741 g/mol. The topological polar surface area (TPSA) is 29.6 Å². The van der Waals surface area contributed by atoms with Gasteiger partial charge in [-0.05, 0) is 88.3 Å². The quantitative estimate of drug-likeness (QED) is 0.176. The molecule has 1 aliphatic carbocycles. The van der Waals surface area contributed by atoms with Crippen LogP contribution in [0, 0.1) is 0 Å². The second-order valence-electron chi connectivity index (χ2n) is 14.4. The van der Waals surface area contributed by atoms with Gasteiger partial charge in [0.05, 0.1) is 22.8 Å². The number of hydrogen-bond acceptors (Lipinski definition) is 4. The zero-order valence-electron chi connectivity index (χ0n) is 30.0. The van der Waals surface area contributed by atoms with Gasteiger partial charge < -0.3 is 4.57 Å². The van der Waals surface area contributed by atoms with E-state index in [9.17, 15) is 0 Å². The highest BCUT2D eigenvalue weighted by atomic mass is 32.2. The second-order valence-corrected chi connectivity index (χ2v) is 16.6. The van der Waals surface area contributed by atoms with E-state index in [0.29, 0.717) is 0 Å².